The van der Waals surface area contributed by atoms with Crippen molar-refractivity contribution in [1.29, 1.82) is 0 Å². The lowest BCUT2D eigenvalue weighted by atomic mass is 10.3. The summed E-state index contributed by atoms with van der Waals surface area (Å²) < 4.78 is 18.6. The lowest BCUT2D eigenvalue weighted by Crippen LogP contribution is -2.44. The number of nitrogens with one attached hydrogen (secondary N) is 2. The number of hydrogen-bond acceptors (Lipinski definition) is 4. The van der Waals surface area contributed by atoms with E-state index in [0.29, 0.717) is 13.1 Å². The third kappa shape index (κ3) is 7.03. The van der Waals surface area contributed by atoms with Gasteiger partial charge in [0.1, 0.15) is 6.61 Å². The number of rotatable bonds is 8. The van der Waals surface area contributed by atoms with E-state index in [9.17, 15) is 14.0 Å². The Morgan fingerprint density at radius 1 is 1.32 bits per heavy atom. The number of carbonyl (C=O) groups excluding carboxylic acids is 2. The fraction of sp³-hybridized carbons (Fsp3) is 0.467. The number of amides is 3. The number of likely N-dealkylation sites (N-methyl/N-ethyl adjacent to an activating group) is 1. The van der Waals surface area contributed by atoms with Crippen LogP contribution in [0.1, 0.15) is 13.3 Å². The Labute approximate surface area is 129 Å². The fourth-order valence-corrected chi connectivity index (χ4v) is 1.65. The van der Waals surface area contributed by atoms with Gasteiger partial charge in [-0.1, -0.05) is 19.1 Å². The van der Waals surface area contributed by atoms with Gasteiger partial charge in [-0.2, -0.15) is 0 Å². The van der Waals surface area contributed by atoms with E-state index in [-0.39, 0.29) is 18.9 Å². The highest BCUT2D eigenvalue weighted by Crippen LogP contribution is 2.14. The number of benzene rings is 1. The summed E-state index contributed by atoms with van der Waals surface area (Å²) >= 11 is 0. The first-order valence-electron chi connectivity index (χ1n) is 7.16. The standard InChI is InChI=1S/C15H22FN3O3/c1-3-8-17-15(21)18-14(20)11-19(2)9-10-22-13-7-5-4-6-12(13)16/h4-7H,3,8-11H2,1-2H3,(H2,17,18,20,21). The van der Waals surface area contributed by atoms with Gasteiger partial charge in [0.15, 0.2) is 11.6 Å². The molecule has 3 amide bonds. The maximum absolute atomic E-state index is 13.3. The van der Waals surface area contributed by atoms with Crippen molar-refractivity contribution < 1.29 is 18.7 Å². The Hall–Kier alpha value is -2.15. The van der Waals surface area contributed by atoms with Crippen molar-refractivity contribution in [3.05, 3.63) is 30.1 Å². The highest BCUT2D eigenvalue weighted by Gasteiger charge is 2.10. The molecule has 0 bridgehead atoms. The highest BCUT2D eigenvalue weighted by atomic mass is 19.1. The number of para-hydroxylation sites is 1. The zero-order chi connectivity index (χ0) is 16.4. The van der Waals surface area contributed by atoms with E-state index in [2.05, 4.69) is 10.6 Å². The van der Waals surface area contributed by atoms with Gasteiger partial charge in [0, 0.05) is 13.1 Å². The molecule has 0 unspecified atom stereocenters. The molecule has 1 rings (SSSR count). The minimum atomic E-state index is -0.497. The summed E-state index contributed by atoms with van der Waals surface area (Å²) in [5.74, 6) is -0.642. The van der Waals surface area contributed by atoms with Crippen LogP contribution < -0.4 is 15.4 Å². The van der Waals surface area contributed by atoms with Gasteiger partial charge in [-0.05, 0) is 25.6 Å². The fourth-order valence-electron chi connectivity index (χ4n) is 1.65. The second-order valence-electron chi connectivity index (χ2n) is 4.82. The molecule has 0 atom stereocenters. The normalized spacial score (nSPS) is 10.4. The van der Waals surface area contributed by atoms with Crippen molar-refractivity contribution in [2.75, 3.05) is 33.3 Å². The molecule has 122 valence electrons. The second kappa shape index (κ2) is 9.73. The average Bonchev–Trinajstić information content (AvgIpc) is 2.47. The van der Waals surface area contributed by atoms with E-state index >= 15 is 0 Å². The van der Waals surface area contributed by atoms with Crippen LogP contribution in [-0.4, -0.2) is 50.1 Å². The lowest BCUT2D eigenvalue weighted by molar-refractivity contribution is -0.120. The minimum Gasteiger partial charge on any atom is -0.489 e. The quantitative estimate of drug-likeness (QED) is 0.761. The van der Waals surface area contributed by atoms with E-state index in [4.69, 9.17) is 4.74 Å². The van der Waals surface area contributed by atoms with E-state index in [1.807, 2.05) is 6.92 Å². The summed E-state index contributed by atoms with van der Waals surface area (Å²) in [6.07, 6.45) is 0.800. The Balaban J connectivity index is 2.22. The predicted octanol–water partition coefficient (Wildman–Crippen LogP) is 1.37. The molecular formula is C15H22FN3O3. The largest absolute Gasteiger partial charge is 0.489 e. The van der Waals surface area contributed by atoms with Gasteiger partial charge in [-0.15, -0.1) is 0 Å². The number of imide groups is 1. The summed E-state index contributed by atoms with van der Waals surface area (Å²) in [7, 11) is 1.72. The number of ether oxygens (including phenoxy) is 1. The van der Waals surface area contributed by atoms with Crippen molar-refractivity contribution >= 4 is 11.9 Å². The molecule has 0 aliphatic carbocycles. The summed E-state index contributed by atoms with van der Waals surface area (Å²) in [4.78, 5) is 24.6. The van der Waals surface area contributed by atoms with E-state index in [1.54, 1.807) is 30.1 Å². The first-order valence-corrected chi connectivity index (χ1v) is 7.16. The van der Waals surface area contributed by atoms with Gasteiger partial charge in [0.2, 0.25) is 5.91 Å². The van der Waals surface area contributed by atoms with E-state index in [0.717, 1.165) is 6.42 Å². The van der Waals surface area contributed by atoms with Gasteiger partial charge in [-0.25, -0.2) is 9.18 Å². The molecule has 0 spiro atoms. The van der Waals surface area contributed by atoms with Crippen molar-refractivity contribution in [3.8, 4) is 5.75 Å². The minimum absolute atomic E-state index is 0.0557. The van der Waals surface area contributed by atoms with Crippen LogP contribution in [0.2, 0.25) is 0 Å². The molecule has 0 aliphatic rings. The Morgan fingerprint density at radius 3 is 2.73 bits per heavy atom. The molecule has 2 N–H and O–H groups in total. The summed E-state index contributed by atoms with van der Waals surface area (Å²) in [5, 5.41) is 4.78. The van der Waals surface area contributed by atoms with Crippen molar-refractivity contribution in [2.45, 2.75) is 13.3 Å². The van der Waals surface area contributed by atoms with Gasteiger partial charge < -0.3 is 10.1 Å². The summed E-state index contributed by atoms with van der Waals surface area (Å²) in [5.41, 5.74) is 0. The SMILES string of the molecule is CCCNC(=O)NC(=O)CN(C)CCOc1ccccc1F. The number of carbonyl (C=O) groups is 2. The molecule has 0 saturated carbocycles. The van der Waals surface area contributed by atoms with Crippen LogP contribution in [0.5, 0.6) is 5.75 Å². The van der Waals surface area contributed by atoms with Crippen LogP contribution >= 0.6 is 0 Å². The van der Waals surface area contributed by atoms with Gasteiger partial charge in [-0.3, -0.25) is 15.0 Å². The molecule has 0 radical (unpaired) electrons. The third-order valence-corrected chi connectivity index (χ3v) is 2.77. The van der Waals surface area contributed by atoms with Gasteiger partial charge >= 0.3 is 6.03 Å². The molecule has 7 heteroatoms. The molecule has 0 fully saturated rings. The van der Waals surface area contributed by atoms with E-state index in [1.165, 1.54) is 6.07 Å². The molecular weight excluding hydrogens is 289 g/mol. The van der Waals surface area contributed by atoms with Crippen molar-refractivity contribution in [2.24, 2.45) is 0 Å². The van der Waals surface area contributed by atoms with Crippen LogP contribution in [-0.2, 0) is 4.79 Å². The maximum Gasteiger partial charge on any atom is 0.321 e. The van der Waals surface area contributed by atoms with E-state index < -0.39 is 17.8 Å². The van der Waals surface area contributed by atoms with Crippen LogP contribution in [0.3, 0.4) is 0 Å². The second-order valence-corrected chi connectivity index (χ2v) is 4.82. The number of hydrogen-bond donors (Lipinski definition) is 2. The average molecular weight is 311 g/mol. The number of urea groups is 1. The summed E-state index contributed by atoms with van der Waals surface area (Å²) in [6.45, 7) is 3.17. The summed E-state index contributed by atoms with van der Waals surface area (Å²) in [6, 6.07) is 5.64. The van der Waals surface area contributed by atoms with Crippen LogP contribution in [0.4, 0.5) is 9.18 Å². The lowest BCUT2D eigenvalue weighted by Gasteiger charge is -2.16. The van der Waals surface area contributed by atoms with Crippen LogP contribution in [0, 0.1) is 5.82 Å². The molecule has 6 nitrogen and oxygen atoms in total. The van der Waals surface area contributed by atoms with Gasteiger partial charge in [0.25, 0.3) is 0 Å². The zero-order valence-corrected chi connectivity index (χ0v) is 12.9. The third-order valence-electron chi connectivity index (χ3n) is 2.77. The van der Waals surface area contributed by atoms with Crippen LogP contribution in [0.15, 0.2) is 24.3 Å². The van der Waals surface area contributed by atoms with Gasteiger partial charge in [0.05, 0.1) is 6.54 Å². The number of nitrogens with zero attached hydrogens (tertiary/aromatic N) is 1. The zero-order valence-electron chi connectivity index (χ0n) is 12.9. The highest BCUT2D eigenvalue weighted by molar-refractivity contribution is 5.95. The van der Waals surface area contributed by atoms with Crippen molar-refractivity contribution in [3.63, 3.8) is 0 Å². The molecule has 0 heterocycles. The Morgan fingerprint density at radius 2 is 2.05 bits per heavy atom. The maximum atomic E-state index is 13.3. The number of halogens is 1. The first-order chi connectivity index (χ1) is 10.5. The topological polar surface area (TPSA) is 70.7 Å². The Bertz CT molecular complexity index is 497. The smallest absolute Gasteiger partial charge is 0.321 e. The molecule has 0 saturated heterocycles. The molecule has 0 aromatic heterocycles. The molecule has 22 heavy (non-hydrogen) atoms. The molecule has 1 aromatic carbocycles. The van der Waals surface area contributed by atoms with Crippen LogP contribution in [0.25, 0.3) is 0 Å². The monoisotopic (exact) mass is 311 g/mol. The molecule has 0 aliphatic heterocycles. The predicted molar refractivity (Wildman–Crippen MR) is 81.2 cm³/mol. The first kappa shape index (κ1) is 17.9. The Kier molecular flexibility index (Phi) is 7.91. The van der Waals surface area contributed by atoms with Crippen molar-refractivity contribution in [1.82, 2.24) is 15.5 Å². The molecule has 1 aromatic rings.